The SMILES string of the molecule is COc1ccc(C(=O)N2CCN(c3ccncc3)CC2)c(OC)c1OC. The maximum Gasteiger partial charge on any atom is 0.257 e. The number of carbonyl (C=O) groups excluding carboxylic acids is 1. The number of hydrogen-bond acceptors (Lipinski definition) is 6. The number of benzene rings is 1. The molecular weight excluding hydrogens is 334 g/mol. The van der Waals surface area contributed by atoms with Gasteiger partial charge in [-0.25, -0.2) is 0 Å². The van der Waals surface area contributed by atoms with E-state index in [4.69, 9.17) is 14.2 Å². The molecule has 7 nitrogen and oxygen atoms in total. The van der Waals surface area contributed by atoms with Gasteiger partial charge in [0.15, 0.2) is 11.5 Å². The normalized spacial score (nSPS) is 14.1. The van der Waals surface area contributed by atoms with Gasteiger partial charge in [-0.2, -0.15) is 0 Å². The first-order valence-corrected chi connectivity index (χ1v) is 8.42. The topological polar surface area (TPSA) is 64.1 Å². The highest BCUT2D eigenvalue weighted by atomic mass is 16.5. The van der Waals surface area contributed by atoms with Gasteiger partial charge in [-0.15, -0.1) is 0 Å². The maximum atomic E-state index is 13.0. The average Bonchev–Trinajstić information content (AvgIpc) is 2.72. The zero-order chi connectivity index (χ0) is 18.5. The van der Waals surface area contributed by atoms with E-state index in [0.29, 0.717) is 35.9 Å². The van der Waals surface area contributed by atoms with Crippen molar-refractivity contribution in [3.8, 4) is 17.2 Å². The Morgan fingerprint density at radius 3 is 2.12 bits per heavy atom. The van der Waals surface area contributed by atoms with Crippen molar-refractivity contribution >= 4 is 11.6 Å². The average molecular weight is 357 g/mol. The summed E-state index contributed by atoms with van der Waals surface area (Å²) < 4.78 is 16.1. The molecule has 1 aromatic carbocycles. The van der Waals surface area contributed by atoms with E-state index in [1.165, 1.54) is 14.2 Å². The lowest BCUT2D eigenvalue weighted by Gasteiger charge is -2.36. The molecule has 0 spiro atoms. The smallest absolute Gasteiger partial charge is 0.257 e. The number of piperazine rings is 1. The monoisotopic (exact) mass is 357 g/mol. The second kappa shape index (κ2) is 7.95. The fourth-order valence-corrected chi connectivity index (χ4v) is 3.16. The minimum Gasteiger partial charge on any atom is -0.493 e. The fraction of sp³-hybridized carbons (Fsp3) is 0.368. The van der Waals surface area contributed by atoms with Gasteiger partial charge in [-0.1, -0.05) is 0 Å². The van der Waals surface area contributed by atoms with Gasteiger partial charge in [0.05, 0.1) is 26.9 Å². The zero-order valence-corrected chi connectivity index (χ0v) is 15.3. The highest BCUT2D eigenvalue weighted by molar-refractivity contribution is 5.98. The van der Waals surface area contributed by atoms with Crippen molar-refractivity contribution in [1.29, 1.82) is 0 Å². The van der Waals surface area contributed by atoms with Crippen LogP contribution in [0.2, 0.25) is 0 Å². The number of rotatable bonds is 5. The quantitative estimate of drug-likeness (QED) is 0.816. The first-order chi connectivity index (χ1) is 12.7. The van der Waals surface area contributed by atoms with Crippen LogP contribution in [-0.4, -0.2) is 63.3 Å². The number of ether oxygens (including phenoxy) is 3. The Balaban J connectivity index is 1.76. The molecule has 1 aromatic heterocycles. The zero-order valence-electron chi connectivity index (χ0n) is 15.3. The van der Waals surface area contributed by atoms with Crippen molar-refractivity contribution in [3.63, 3.8) is 0 Å². The summed E-state index contributed by atoms with van der Waals surface area (Å²) in [6.07, 6.45) is 3.56. The molecular formula is C19H23N3O4. The number of methoxy groups -OCH3 is 3. The van der Waals surface area contributed by atoms with Crippen LogP contribution in [0, 0.1) is 0 Å². The van der Waals surface area contributed by atoms with Gasteiger partial charge < -0.3 is 24.0 Å². The summed E-state index contributed by atoms with van der Waals surface area (Å²) in [5, 5.41) is 0. The molecule has 0 N–H and O–H groups in total. The summed E-state index contributed by atoms with van der Waals surface area (Å²) in [7, 11) is 4.61. The summed E-state index contributed by atoms with van der Waals surface area (Å²) in [6.45, 7) is 2.81. The summed E-state index contributed by atoms with van der Waals surface area (Å²) >= 11 is 0. The summed E-state index contributed by atoms with van der Waals surface area (Å²) in [4.78, 5) is 21.1. The Morgan fingerprint density at radius 2 is 1.54 bits per heavy atom. The number of hydrogen-bond donors (Lipinski definition) is 0. The number of amides is 1. The third-order valence-corrected chi connectivity index (χ3v) is 4.53. The molecule has 1 aliphatic heterocycles. The van der Waals surface area contributed by atoms with E-state index in [1.807, 2.05) is 17.0 Å². The van der Waals surface area contributed by atoms with Crippen molar-refractivity contribution in [2.24, 2.45) is 0 Å². The van der Waals surface area contributed by atoms with Crippen LogP contribution in [0.3, 0.4) is 0 Å². The Hall–Kier alpha value is -2.96. The highest BCUT2D eigenvalue weighted by Crippen LogP contribution is 2.40. The molecule has 1 amide bonds. The maximum absolute atomic E-state index is 13.0. The second-order valence-electron chi connectivity index (χ2n) is 5.87. The number of nitrogens with zero attached hydrogens (tertiary/aromatic N) is 3. The lowest BCUT2D eigenvalue weighted by molar-refractivity contribution is 0.0742. The minimum absolute atomic E-state index is 0.0721. The lowest BCUT2D eigenvalue weighted by atomic mass is 10.1. The standard InChI is InChI=1S/C19H23N3O4/c1-24-16-5-4-15(17(25-2)18(16)26-3)19(23)22-12-10-21(11-13-22)14-6-8-20-9-7-14/h4-9H,10-13H2,1-3H3. The van der Waals surface area contributed by atoms with Gasteiger partial charge in [0.2, 0.25) is 5.75 Å². The van der Waals surface area contributed by atoms with Gasteiger partial charge >= 0.3 is 0 Å². The van der Waals surface area contributed by atoms with Gasteiger partial charge in [0, 0.05) is 44.3 Å². The molecule has 0 atom stereocenters. The van der Waals surface area contributed by atoms with E-state index in [9.17, 15) is 4.79 Å². The van der Waals surface area contributed by atoms with Crippen molar-refractivity contribution in [3.05, 3.63) is 42.2 Å². The summed E-state index contributed by atoms with van der Waals surface area (Å²) in [5.74, 6) is 1.28. The first-order valence-electron chi connectivity index (χ1n) is 8.42. The Labute approximate surface area is 153 Å². The molecule has 26 heavy (non-hydrogen) atoms. The summed E-state index contributed by atoms with van der Waals surface area (Å²) in [6, 6.07) is 7.41. The Kier molecular flexibility index (Phi) is 5.46. The van der Waals surface area contributed by atoms with Gasteiger partial charge in [-0.05, 0) is 24.3 Å². The van der Waals surface area contributed by atoms with E-state index < -0.39 is 0 Å². The molecule has 1 saturated heterocycles. The molecule has 0 bridgehead atoms. The van der Waals surface area contributed by atoms with Crippen LogP contribution in [0.4, 0.5) is 5.69 Å². The number of carbonyl (C=O) groups is 1. The predicted molar refractivity (Wildman–Crippen MR) is 98.5 cm³/mol. The van der Waals surface area contributed by atoms with Crippen LogP contribution in [0.1, 0.15) is 10.4 Å². The third-order valence-electron chi connectivity index (χ3n) is 4.53. The van der Waals surface area contributed by atoms with E-state index in [0.717, 1.165) is 18.8 Å². The number of aromatic nitrogens is 1. The molecule has 0 saturated carbocycles. The van der Waals surface area contributed by atoms with E-state index in [1.54, 1.807) is 31.6 Å². The van der Waals surface area contributed by atoms with Crippen molar-refractivity contribution in [1.82, 2.24) is 9.88 Å². The molecule has 7 heteroatoms. The van der Waals surface area contributed by atoms with Crippen molar-refractivity contribution < 1.29 is 19.0 Å². The van der Waals surface area contributed by atoms with Crippen LogP contribution in [0.25, 0.3) is 0 Å². The molecule has 138 valence electrons. The Morgan fingerprint density at radius 1 is 0.885 bits per heavy atom. The first kappa shape index (κ1) is 17.8. The molecule has 0 unspecified atom stereocenters. The molecule has 3 rings (SSSR count). The molecule has 1 aliphatic rings. The van der Waals surface area contributed by atoms with Crippen LogP contribution in [-0.2, 0) is 0 Å². The molecule has 2 heterocycles. The summed E-state index contributed by atoms with van der Waals surface area (Å²) in [5.41, 5.74) is 1.60. The molecule has 2 aromatic rings. The predicted octanol–water partition coefficient (Wildman–Crippen LogP) is 2.07. The van der Waals surface area contributed by atoms with Crippen LogP contribution >= 0.6 is 0 Å². The van der Waals surface area contributed by atoms with Gasteiger partial charge in [0.1, 0.15) is 0 Å². The van der Waals surface area contributed by atoms with E-state index in [-0.39, 0.29) is 5.91 Å². The molecule has 0 radical (unpaired) electrons. The van der Waals surface area contributed by atoms with E-state index >= 15 is 0 Å². The lowest BCUT2D eigenvalue weighted by Crippen LogP contribution is -2.48. The third kappa shape index (κ3) is 3.37. The number of pyridine rings is 1. The van der Waals surface area contributed by atoms with Gasteiger partial charge in [0.25, 0.3) is 5.91 Å². The van der Waals surface area contributed by atoms with Crippen LogP contribution < -0.4 is 19.1 Å². The Bertz CT molecular complexity index is 759. The highest BCUT2D eigenvalue weighted by Gasteiger charge is 2.27. The number of anilines is 1. The fourth-order valence-electron chi connectivity index (χ4n) is 3.16. The van der Waals surface area contributed by atoms with E-state index in [2.05, 4.69) is 9.88 Å². The molecule has 1 fully saturated rings. The molecule has 0 aliphatic carbocycles. The van der Waals surface area contributed by atoms with Crippen LogP contribution in [0.5, 0.6) is 17.2 Å². The van der Waals surface area contributed by atoms with Crippen molar-refractivity contribution in [2.75, 3.05) is 52.4 Å². The second-order valence-corrected chi connectivity index (χ2v) is 5.87. The van der Waals surface area contributed by atoms with Gasteiger partial charge in [-0.3, -0.25) is 9.78 Å². The minimum atomic E-state index is -0.0721. The van der Waals surface area contributed by atoms with Crippen molar-refractivity contribution in [2.45, 2.75) is 0 Å². The largest absolute Gasteiger partial charge is 0.493 e. The van der Waals surface area contributed by atoms with Crippen LogP contribution in [0.15, 0.2) is 36.7 Å².